The van der Waals surface area contributed by atoms with Gasteiger partial charge in [-0.15, -0.1) is 6.58 Å². The fourth-order valence-electron chi connectivity index (χ4n) is 1.61. The monoisotopic (exact) mass is 340 g/mol. The van der Waals surface area contributed by atoms with E-state index in [9.17, 15) is 0 Å². The topological polar surface area (TPSA) is 9.23 Å². The molecule has 0 aliphatic carbocycles. The van der Waals surface area contributed by atoms with Gasteiger partial charge in [0.15, 0.2) is 8.32 Å². The zero-order valence-corrected chi connectivity index (χ0v) is 15.3. The van der Waals surface area contributed by atoms with E-state index in [-0.39, 0.29) is 11.1 Å². The predicted octanol–water partition coefficient (Wildman–Crippen LogP) is 5.57. The van der Waals surface area contributed by atoms with Crippen molar-refractivity contribution in [3.63, 3.8) is 0 Å². The fourth-order valence-corrected chi connectivity index (χ4v) is 3.35. The molecule has 1 nitrogen and oxygen atoms in total. The van der Waals surface area contributed by atoms with Gasteiger partial charge in [-0.1, -0.05) is 61.0 Å². The van der Waals surface area contributed by atoms with Crippen LogP contribution in [0.5, 0.6) is 0 Å². The Hall–Kier alpha value is -0.383. The second-order valence-corrected chi connectivity index (χ2v) is 12.1. The Balaban J connectivity index is 2.81. The quantitative estimate of drug-likeness (QED) is 0.503. The summed E-state index contributed by atoms with van der Waals surface area (Å²) in [4.78, 5) is 0. The average molecular weight is 341 g/mol. The molecule has 106 valence electrons. The summed E-state index contributed by atoms with van der Waals surface area (Å²) in [6.07, 6.45) is 2.89. The molecule has 1 rings (SSSR count). The van der Waals surface area contributed by atoms with Crippen LogP contribution < -0.4 is 0 Å². The number of rotatable bonds is 5. The molecule has 0 aliphatic rings. The number of benzene rings is 1. The van der Waals surface area contributed by atoms with E-state index >= 15 is 0 Å². The van der Waals surface area contributed by atoms with Crippen LogP contribution >= 0.6 is 15.9 Å². The zero-order chi connectivity index (χ0) is 14.7. The lowest BCUT2D eigenvalue weighted by atomic mass is 10.1. The summed E-state index contributed by atoms with van der Waals surface area (Å²) in [6, 6.07) is 8.30. The van der Waals surface area contributed by atoms with Crippen molar-refractivity contribution in [2.75, 3.05) is 0 Å². The molecule has 0 aliphatic heterocycles. The summed E-state index contributed by atoms with van der Waals surface area (Å²) in [6.45, 7) is 15.3. The third-order valence-electron chi connectivity index (χ3n) is 3.89. The van der Waals surface area contributed by atoms with Crippen LogP contribution in [0.25, 0.3) is 0 Å². The van der Waals surface area contributed by atoms with Gasteiger partial charge in [0.1, 0.15) is 0 Å². The highest BCUT2D eigenvalue weighted by atomic mass is 79.9. The third kappa shape index (κ3) is 4.58. The van der Waals surface area contributed by atoms with Crippen molar-refractivity contribution in [3.05, 3.63) is 47.0 Å². The average Bonchev–Trinajstić information content (AvgIpc) is 2.29. The van der Waals surface area contributed by atoms with E-state index in [1.54, 1.807) is 0 Å². The first-order chi connectivity index (χ1) is 8.67. The molecule has 19 heavy (non-hydrogen) atoms. The maximum Gasteiger partial charge on any atom is 0.192 e. The number of halogens is 1. The molecule has 1 aromatic rings. The van der Waals surface area contributed by atoms with E-state index in [4.69, 9.17) is 4.43 Å². The summed E-state index contributed by atoms with van der Waals surface area (Å²) < 4.78 is 7.55. The van der Waals surface area contributed by atoms with Gasteiger partial charge in [0, 0.05) is 10.9 Å². The highest BCUT2D eigenvalue weighted by Crippen LogP contribution is 2.37. The van der Waals surface area contributed by atoms with Gasteiger partial charge >= 0.3 is 0 Å². The van der Waals surface area contributed by atoms with E-state index < -0.39 is 8.32 Å². The number of hydrogen-bond donors (Lipinski definition) is 0. The van der Waals surface area contributed by atoms with Crippen LogP contribution in [0.15, 0.2) is 41.4 Å². The molecule has 0 spiro atoms. The first-order valence-corrected chi connectivity index (χ1v) is 10.4. The minimum absolute atomic E-state index is 0.0830. The van der Waals surface area contributed by atoms with Gasteiger partial charge in [-0.25, -0.2) is 0 Å². The molecule has 0 aromatic heterocycles. The third-order valence-corrected chi connectivity index (χ3v) is 9.17. The Morgan fingerprint density at radius 2 is 1.89 bits per heavy atom. The summed E-state index contributed by atoms with van der Waals surface area (Å²) in [5.41, 5.74) is 1.27. The van der Waals surface area contributed by atoms with Crippen LogP contribution in [0.4, 0.5) is 0 Å². The van der Waals surface area contributed by atoms with Crippen molar-refractivity contribution in [2.45, 2.75) is 51.4 Å². The highest BCUT2D eigenvalue weighted by Gasteiger charge is 2.38. The van der Waals surface area contributed by atoms with Gasteiger partial charge in [0.05, 0.1) is 6.10 Å². The summed E-state index contributed by atoms with van der Waals surface area (Å²) in [5, 5.41) is 0.224. The van der Waals surface area contributed by atoms with E-state index in [2.05, 4.69) is 74.6 Å². The first kappa shape index (κ1) is 16.7. The van der Waals surface area contributed by atoms with Gasteiger partial charge in [0.2, 0.25) is 0 Å². The molecule has 0 heterocycles. The van der Waals surface area contributed by atoms with Gasteiger partial charge in [-0.2, -0.15) is 0 Å². The molecule has 1 unspecified atom stereocenters. The second-order valence-electron chi connectivity index (χ2n) is 6.45. The van der Waals surface area contributed by atoms with Crippen molar-refractivity contribution in [1.82, 2.24) is 0 Å². The summed E-state index contributed by atoms with van der Waals surface area (Å²) in [7, 11) is -1.75. The molecule has 0 saturated carbocycles. The lowest BCUT2D eigenvalue weighted by molar-refractivity contribution is 0.225. The minimum atomic E-state index is -1.75. The van der Waals surface area contributed by atoms with E-state index in [0.29, 0.717) is 0 Å². The Morgan fingerprint density at radius 1 is 1.32 bits per heavy atom. The molecule has 1 atom stereocenters. The Bertz CT molecular complexity index is 435. The van der Waals surface area contributed by atoms with E-state index in [0.717, 1.165) is 10.9 Å². The van der Waals surface area contributed by atoms with Crippen LogP contribution in [0.3, 0.4) is 0 Å². The lowest BCUT2D eigenvalue weighted by Crippen LogP contribution is -2.44. The summed E-state index contributed by atoms with van der Waals surface area (Å²) >= 11 is 3.59. The number of hydrogen-bond acceptors (Lipinski definition) is 1. The van der Waals surface area contributed by atoms with Gasteiger partial charge in [-0.05, 0) is 29.8 Å². The van der Waals surface area contributed by atoms with Crippen molar-refractivity contribution in [2.24, 2.45) is 0 Å². The van der Waals surface area contributed by atoms with E-state index in [1.807, 2.05) is 12.1 Å². The minimum Gasteiger partial charge on any atom is -0.410 e. The molecular formula is C16H25BrOSi. The smallest absolute Gasteiger partial charge is 0.192 e. The molecule has 0 bridgehead atoms. The van der Waals surface area contributed by atoms with Crippen LogP contribution in [-0.2, 0) is 10.8 Å². The van der Waals surface area contributed by atoms with Gasteiger partial charge in [0.25, 0.3) is 0 Å². The van der Waals surface area contributed by atoms with Crippen molar-refractivity contribution in [3.8, 4) is 0 Å². The molecule has 0 amide bonds. The molecule has 0 N–H and O–H groups in total. The lowest BCUT2D eigenvalue weighted by Gasteiger charge is -2.38. The van der Waals surface area contributed by atoms with Crippen LogP contribution in [0.2, 0.25) is 18.1 Å². The van der Waals surface area contributed by atoms with Crippen molar-refractivity contribution < 1.29 is 4.43 Å². The Kier molecular flexibility index (Phi) is 5.60. The van der Waals surface area contributed by atoms with Crippen LogP contribution in [-0.4, -0.2) is 14.4 Å². The maximum absolute atomic E-state index is 6.41. The largest absolute Gasteiger partial charge is 0.410 e. The van der Waals surface area contributed by atoms with Crippen molar-refractivity contribution in [1.29, 1.82) is 0 Å². The zero-order valence-electron chi connectivity index (χ0n) is 12.7. The normalized spacial score (nSPS) is 14.2. The molecule has 1 aromatic carbocycles. The fraction of sp³-hybridized carbons (Fsp3) is 0.500. The Morgan fingerprint density at radius 3 is 2.37 bits per heavy atom. The highest BCUT2D eigenvalue weighted by molar-refractivity contribution is 9.10. The molecular weight excluding hydrogens is 316 g/mol. The van der Waals surface area contributed by atoms with Crippen LogP contribution in [0, 0.1) is 0 Å². The SMILES string of the molecule is C=CC(Cc1ccccc1Br)O[Si](C)(C)C(C)(C)C. The first-order valence-electron chi connectivity index (χ1n) is 6.71. The van der Waals surface area contributed by atoms with E-state index in [1.165, 1.54) is 5.56 Å². The molecule has 3 heteroatoms. The summed E-state index contributed by atoms with van der Waals surface area (Å²) in [5.74, 6) is 0. The maximum atomic E-state index is 6.41. The Labute approximate surface area is 127 Å². The standard InChI is InChI=1S/C16H25BrOSi/c1-7-14(18-19(5,6)16(2,3)4)12-13-10-8-9-11-15(13)17/h7-11,14H,1,12H2,2-6H3. The van der Waals surface area contributed by atoms with Crippen LogP contribution in [0.1, 0.15) is 26.3 Å². The van der Waals surface area contributed by atoms with Gasteiger partial charge in [-0.3, -0.25) is 0 Å². The van der Waals surface area contributed by atoms with Crippen molar-refractivity contribution >= 4 is 24.2 Å². The molecule has 0 radical (unpaired) electrons. The molecule has 0 fully saturated rings. The molecule has 0 saturated heterocycles. The predicted molar refractivity (Wildman–Crippen MR) is 90.1 cm³/mol. The second kappa shape index (κ2) is 6.38. The van der Waals surface area contributed by atoms with Gasteiger partial charge < -0.3 is 4.43 Å².